The molecule has 0 aromatic rings. The highest BCUT2D eigenvalue weighted by molar-refractivity contribution is 5.87. The van der Waals surface area contributed by atoms with E-state index in [1.807, 2.05) is 6.92 Å². The van der Waals surface area contributed by atoms with Crippen LogP contribution in [0.5, 0.6) is 0 Å². The third-order valence-corrected chi connectivity index (χ3v) is 10.2. The summed E-state index contributed by atoms with van der Waals surface area (Å²) in [4.78, 5) is 35.5. The van der Waals surface area contributed by atoms with Crippen LogP contribution in [0.15, 0.2) is 0 Å². The zero-order valence-electron chi connectivity index (χ0n) is 22.0. The van der Waals surface area contributed by atoms with Crippen LogP contribution in [0.2, 0.25) is 0 Å². The second kappa shape index (κ2) is 7.78. The van der Waals surface area contributed by atoms with Gasteiger partial charge in [-0.05, 0) is 87.4 Å². The van der Waals surface area contributed by atoms with Crippen LogP contribution in [-0.2, 0) is 23.9 Å². The van der Waals surface area contributed by atoms with E-state index in [4.69, 9.17) is 9.47 Å². The Morgan fingerprint density at radius 2 is 1.71 bits per heavy atom. The van der Waals surface area contributed by atoms with Gasteiger partial charge in [0, 0.05) is 17.9 Å². The average Bonchev–Trinajstić information content (AvgIpc) is 3.35. The standard InChI is InChI=1S/C24H35NO4.C4H8O/c1-22(2,3)10-24(23(4,5)25-24)21(27)29-16-7-11-6-13(16)18-14-8-12(17(11)18)15-9-28-20(26)19(14)15;1-3-4(2)5/h11-19,25H,6-10H2,1-5H3;3H2,1-2H3. The van der Waals surface area contributed by atoms with Crippen molar-refractivity contribution in [3.8, 4) is 0 Å². The first-order valence-electron chi connectivity index (χ1n) is 13.5. The summed E-state index contributed by atoms with van der Waals surface area (Å²) in [5.74, 6) is 4.44. The summed E-state index contributed by atoms with van der Waals surface area (Å²) in [5, 5.41) is 3.47. The highest BCUT2D eigenvalue weighted by Crippen LogP contribution is 2.71. The Labute approximate surface area is 204 Å². The third kappa shape index (κ3) is 3.57. The van der Waals surface area contributed by atoms with Crippen LogP contribution in [0.1, 0.15) is 80.6 Å². The summed E-state index contributed by atoms with van der Waals surface area (Å²) in [6.07, 6.45) is 4.92. The number of carbonyl (C=O) groups is 3. The van der Waals surface area contributed by atoms with Gasteiger partial charge in [0.15, 0.2) is 0 Å². The predicted octanol–water partition coefficient (Wildman–Crippen LogP) is 4.15. The number of cyclic esters (lactones) is 1. The summed E-state index contributed by atoms with van der Waals surface area (Å²) >= 11 is 0. The molecular formula is C28H43NO5. The van der Waals surface area contributed by atoms with Crippen molar-refractivity contribution in [3.05, 3.63) is 0 Å². The lowest BCUT2D eigenvalue weighted by Gasteiger charge is -2.41. The van der Waals surface area contributed by atoms with Crippen LogP contribution in [0.4, 0.5) is 0 Å². The van der Waals surface area contributed by atoms with Crippen molar-refractivity contribution in [2.24, 2.45) is 52.8 Å². The van der Waals surface area contributed by atoms with Crippen molar-refractivity contribution in [3.63, 3.8) is 0 Å². The molecule has 10 unspecified atom stereocenters. The zero-order valence-corrected chi connectivity index (χ0v) is 22.0. The summed E-state index contributed by atoms with van der Waals surface area (Å²) in [5.41, 5.74) is -0.700. The summed E-state index contributed by atoms with van der Waals surface area (Å²) in [7, 11) is 0. The predicted molar refractivity (Wildman–Crippen MR) is 128 cm³/mol. The normalized spacial score (nSPS) is 46.3. The van der Waals surface area contributed by atoms with E-state index in [0.717, 1.165) is 18.8 Å². The molecule has 4 saturated carbocycles. The van der Waals surface area contributed by atoms with Crippen LogP contribution in [-0.4, -0.2) is 41.5 Å². The number of ether oxygens (including phenoxy) is 2. The number of hydrogen-bond donors (Lipinski definition) is 1. The molecule has 0 spiro atoms. The lowest BCUT2D eigenvalue weighted by molar-refractivity contribution is -0.160. The van der Waals surface area contributed by atoms with Gasteiger partial charge in [0.05, 0.1) is 12.5 Å². The fraction of sp³-hybridized carbons (Fsp3) is 0.893. The minimum Gasteiger partial charge on any atom is -0.465 e. The second-order valence-electron chi connectivity index (χ2n) is 13.8. The van der Waals surface area contributed by atoms with Crippen LogP contribution in [0, 0.1) is 52.8 Å². The number of hydrogen-bond acceptors (Lipinski definition) is 6. The summed E-state index contributed by atoms with van der Waals surface area (Å²) in [6.45, 7) is 14.9. The van der Waals surface area contributed by atoms with Crippen molar-refractivity contribution in [2.75, 3.05) is 6.61 Å². The molecule has 2 aliphatic heterocycles. The first kappa shape index (κ1) is 24.3. The van der Waals surface area contributed by atoms with E-state index in [1.165, 1.54) is 12.8 Å². The molecule has 2 saturated heterocycles. The van der Waals surface area contributed by atoms with Crippen LogP contribution in [0.3, 0.4) is 0 Å². The quantitative estimate of drug-likeness (QED) is 0.375. The van der Waals surface area contributed by atoms with E-state index >= 15 is 0 Å². The van der Waals surface area contributed by atoms with Gasteiger partial charge < -0.3 is 14.3 Å². The minimum absolute atomic E-state index is 0.0408. The molecule has 0 amide bonds. The van der Waals surface area contributed by atoms with E-state index < -0.39 is 5.54 Å². The van der Waals surface area contributed by atoms with Gasteiger partial charge >= 0.3 is 11.9 Å². The Kier molecular flexibility index (Phi) is 5.56. The summed E-state index contributed by atoms with van der Waals surface area (Å²) < 4.78 is 11.7. The molecule has 0 radical (unpaired) electrons. The zero-order chi connectivity index (χ0) is 24.8. The number of rotatable bonds is 4. The molecule has 6 fully saturated rings. The molecular weight excluding hydrogens is 430 g/mol. The molecule has 6 nitrogen and oxygen atoms in total. The average molecular weight is 474 g/mol. The molecule has 10 atom stereocenters. The number of carbonyl (C=O) groups excluding carboxylic acids is 3. The monoisotopic (exact) mass is 473 g/mol. The molecule has 1 N–H and O–H groups in total. The maximum absolute atomic E-state index is 13.4. The fourth-order valence-corrected chi connectivity index (χ4v) is 8.85. The van der Waals surface area contributed by atoms with Gasteiger partial charge in [-0.15, -0.1) is 0 Å². The van der Waals surface area contributed by atoms with Crippen molar-refractivity contribution in [2.45, 2.75) is 97.8 Å². The van der Waals surface area contributed by atoms with Crippen LogP contribution < -0.4 is 5.32 Å². The van der Waals surface area contributed by atoms with Gasteiger partial charge in [-0.2, -0.15) is 0 Å². The molecule has 6 aliphatic rings. The molecule has 0 aromatic heterocycles. The Morgan fingerprint density at radius 3 is 2.26 bits per heavy atom. The maximum atomic E-state index is 13.4. The Morgan fingerprint density at radius 1 is 1.06 bits per heavy atom. The first-order chi connectivity index (χ1) is 15.8. The van der Waals surface area contributed by atoms with E-state index in [9.17, 15) is 14.4 Å². The van der Waals surface area contributed by atoms with Gasteiger partial charge in [-0.3, -0.25) is 10.1 Å². The van der Waals surface area contributed by atoms with Crippen molar-refractivity contribution in [1.82, 2.24) is 5.32 Å². The molecule has 2 heterocycles. The molecule has 0 aromatic carbocycles. The molecule has 6 heteroatoms. The van der Waals surface area contributed by atoms with Crippen molar-refractivity contribution < 1.29 is 23.9 Å². The van der Waals surface area contributed by atoms with Gasteiger partial charge in [-0.25, -0.2) is 4.79 Å². The van der Waals surface area contributed by atoms with E-state index in [2.05, 4.69) is 39.9 Å². The molecule has 6 rings (SSSR count). The Hall–Kier alpha value is -1.43. The Balaban J connectivity index is 0.000000439. The van der Waals surface area contributed by atoms with Gasteiger partial charge in [-0.1, -0.05) is 27.7 Å². The van der Waals surface area contributed by atoms with Crippen LogP contribution >= 0.6 is 0 Å². The van der Waals surface area contributed by atoms with Crippen molar-refractivity contribution in [1.29, 1.82) is 0 Å². The maximum Gasteiger partial charge on any atom is 0.328 e. The minimum atomic E-state index is -0.554. The van der Waals surface area contributed by atoms with E-state index in [-0.39, 0.29) is 40.7 Å². The third-order valence-electron chi connectivity index (χ3n) is 10.2. The molecule has 4 bridgehead atoms. The lowest BCUT2D eigenvalue weighted by atomic mass is 9.63. The SMILES string of the molecule is CC(C)(C)CC1(C(=O)OC2CC3CC2C2C4CC(C5COC(=O)C54)C32)NC1(C)C.CCC(C)=O. The highest BCUT2D eigenvalue weighted by Gasteiger charge is 2.72. The second-order valence-corrected chi connectivity index (χ2v) is 13.8. The van der Waals surface area contributed by atoms with Gasteiger partial charge in [0.1, 0.15) is 17.4 Å². The molecule has 4 aliphatic carbocycles. The largest absolute Gasteiger partial charge is 0.465 e. The highest BCUT2D eigenvalue weighted by atomic mass is 16.6. The number of fused-ring (bicyclic) bond motifs is 12. The number of Topliss-reactive ketones (excluding diaryl/α,β-unsaturated/α-hetero) is 1. The van der Waals surface area contributed by atoms with E-state index in [1.54, 1.807) is 6.92 Å². The number of esters is 2. The smallest absolute Gasteiger partial charge is 0.328 e. The van der Waals surface area contributed by atoms with Crippen molar-refractivity contribution >= 4 is 17.7 Å². The molecule has 34 heavy (non-hydrogen) atoms. The van der Waals surface area contributed by atoms with Gasteiger partial charge in [0.25, 0.3) is 0 Å². The fourth-order valence-electron chi connectivity index (χ4n) is 8.85. The summed E-state index contributed by atoms with van der Waals surface area (Å²) in [6, 6.07) is 0. The number of ketones is 1. The van der Waals surface area contributed by atoms with E-state index in [0.29, 0.717) is 48.5 Å². The first-order valence-corrected chi connectivity index (χ1v) is 13.5. The Bertz CT molecular complexity index is 890. The lowest BCUT2D eigenvalue weighted by Crippen LogP contribution is -2.45. The number of nitrogens with one attached hydrogen (secondary N) is 1. The topological polar surface area (TPSA) is 91.6 Å². The van der Waals surface area contributed by atoms with Crippen LogP contribution in [0.25, 0.3) is 0 Å². The van der Waals surface area contributed by atoms with Gasteiger partial charge in [0.2, 0.25) is 0 Å². The molecule has 190 valence electrons.